The fraction of sp³-hybridized carbons (Fsp3) is 0.417. The largest absolute Gasteiger partial charge is 0.481 e. The molecule has 1 N–H and O–H groups in total. The second kappa shape index (κ2) is 5.98. The van der Waals surface area contributed by atoms with Crippen LogP contribution in [0.3, 0.4) is 0 Å². The number of aryl methyl sites for hydroxylation is 1. The molecule has 0 aliphatic rings. The number of nitrogens with zero attached hydrogens (tertiary/aromatic N) is 2. The summed E-state index contributed by atoms with van der Waals surface area (Å²) >= 11 is 0. The summed E-state index contributed by atoms with van der Waals surface area (Å²) in [4.78, 5) is 27.9. The Morgan fingerprint density at radius 3 is 2.71 bits per heavy atom. The maximum atomic E-state index is 11.8. The lowest BCUT2D eigenvalue weighted by Gasteiger charge is -2.21. The van der Waals surface area contributed by atoms with Gasteiger partial charge in [0.1, 0.15) is 5.82 Å². The van der Waals surface area contributed by atoms with E-state index in [4.69, 9.17) is 5.11 Å². The van der Waals surface area contributed by atoms with E-state index in [1.54, 1.807) is 19.2 Å². The van der Waals surface area contributed by atoms with Gasteiger partial charge in [-0.05, 0) is 18.6 Å². The molecule has 17 heavy (non-hydrogen) atoms. The van der Waals surface area contributed by atoms with Gasteiger partial charge in [-0.15, -0.1) is 0 Å². The molecule has 0 radical (unpaired) electrons. The van der Waals surface area contributed by atoms with Crippen LogP contribution in [-0.2, 0) is 9.59 Å². The molecule has 5 nitrogen and oxygen atoms in total. The predicted octanol–water partition coefficient (Wildman–Crippen LogP) is 1.61. The maximum Gasteiger partial charge on any atom is 0.305 e. The summed E-state index contributed by atoms with van der Waals surface area (Å²) in [6.45, 7) is 3.74. The first-order valence-electron chi connectivity index (χ1n) is 5.50. The summed E-state index contributed by atoms with van der Waals surface area (Å²) in [6, 6.07) is 3.63. The lowest BCUT2D eigenvalue weighted by atomic mass is 10.2. The average Bonchev–Trinajstić information content (AvgIpc) is 2.30. The van der Waals surface area contributed by atoms with Crippen LogP contribution in [0.15, 0.2) is 18.3 Å². The van der Waals surface area contributed by atoms with Crippen molar-refractivity contribution >= 4 is 17.7 Å². The molecular formula is C12H16N2O3. The Labute approximate surface area is 100 Å². The van der Waals surface area contributed by atoms with Crippen molar-refractivity contribution in [1.29, 1.82) is 0 Å². The van der Waals surface area contributed by atoms with E-state index in [9.17, 15) is 9.59 Å². The number of anilines is 1. The highest BCUT2D eigenvalue weighted by atomic mass is 16.4. The van der Waals surface area contributed by atoms with E-state index in [-0.39, 0.29) is 18.9 Å². The van der Waals surface area contributed by atoms with E-state index >= 15 is 0 Å². The van der Waals surface area contributed by atoms with Crippen LogP contribution in [0.5, 0.6) is 0 Å². The van der Waals surface area contributed by atoms with Gasteiger partial charge in [0, 0.05) is 19.2 Å². The summed E-state index contributed by atoms with van der Waals surface area (Å²) in [5.74, 6) is -0.499. The van der Waals surface area contributed by atoms with Crippen LogP contribution in [0.4, 0.5) is 5.82 Å². The molecule has 1 heterocycles. The summed E-state index contributed by atoms with van der Waals surface area (Å²) in [5.41, 5.74) is 0.861. The van der Waals surface area contributed by atoms with E-state index < -0.39 is 5.97 Å². The molecule has 0 unspecified atom stereocenters. The fourth-order valence-electron chi connectivity index (χ4n) is 1.51. The van der Waals surface area contributed by atoms with Gasteiger partial charge in [0.05, 0.1) is 6.42 Å². The molecule has 0 saturated heterocycles. The van der Waals surface area contributed by atoms with Crippen molar-refractivity contribution in [1.82, 2.24) is 4.98 Å². The average molecular weight is 236 g/mol. The van der Waals surface area contributed by atoms with E-state index in [2.05, 4.69) is 4.98 Å². The summed E-state index contributed by atoms with van der Waals surface area (Å²) in [5, 5.41) is 8.67. The van der Waals surface area contributed by atoms with Crippen LogP contribution in [0.1, 0.15) is 25.3 Å². The zero-order valence-corrected chi connectivity index (χ0v) is 10.0. The third kappa shape index (κ3) is 3.55. The van der Waals surface area contributed by atoms with Gasteiger partial charge in [0.15, 0.2) is 0 Å². The number of hydrogen-bond donors (Lipinski definition) is 1. The lowest BCUT2D eigenvalue weighted by molar-refractivity contribution is -0.136. The minimum absolute atomic E-state index is 0.0816. The molecule has 1 aromatic rings. The van der Waals surface area contributed by atoms with Gasteiger partial charge < -0.3 is 5.11 Å². The first-order chi connectivity index (χ1) is 8.06. The van der Waals surface area contributed by atoms with E-state index in [0.717, 1.165) is 5.56 Å². The highest BCUT2D eigenvalue weighted by Gasteiger charge is 2.17. The second-order valence-electron chi connectivity index (χ2n) is 3.69. The van der Waals surface area contributed by atoms with Gasteiger partial charge in [-0.25, -0.2) is 4.98 Å². The minimum Gasteiger partial charge on any atom is -0.481 e. The number of aliphatic carboxylic acids is 1. The molecular weight excluding hydrogens is 220 g/mol. The van der Waals surface area contributed by atoms with Gasteiger partial charge in [0.25, 0.3) is 0 Å². The van der Waals surface area contributed by atoms with Crippen molar-refractivity contribution in [3.05, 3.63) is 23.9 Å². The normalized spacial score (nSPS) is 10.0. The number of carboxylic acids is 1. The smallest absolute Gasteiger partial charge is 0.305 e. The van der Waals surface area contributed by atoms with Crippen molar-refractivity contribution in [3.63, 3.8) is 0 Å². The predicted molar refractivity (Wildman–Crippen MR) is 63.9 cm³/mol. The summed E-state index contributed by atoms with van der Waals surface area (Å²) in [7, 11) is 0. The molecule has 1 aromatic heterocycles. The first-order valence-corrected chi connectivity index (χ1v) is 5.50. The highest BCUT2D eigenvalue weighted by molar-refractivity contribution is 5.93. The van der Waals surface area contributed by atoms with Gasteiger partial charge in [0.2, 0.25) is 5.91 Å². The Bertz CT molecular complexity index is 418. The maximum absolute atomic E-state index is 11.8. The van der Waals surface area contributed by atoms with Crippen LogP contribution in [0.25, 0.3) is 0 Å². The standard InChI is InChI=1S/C12H16N2O3/c1-3-10(15)14(8-6-11(16)17)12-9(2)5-4-7-13-12/h4-5,7H,3,6,8H2,1-2H3,(H,16,17). The number of amides is 1. The Balaban J connectivity index is 2.94. The number of aromatic nitrogens is 1. The topological polar surface area (TPSA) is 70.5 Å². The number of carbonyl (C=O) groups is 2. The van der Waals surface area contributed by atoms with Crippen LogP contribution in [0, 0.1) is 6.92 Å². The molecule has 0 atom stereocenters. The molecule has 92 valence electrons. The number of carboxylic acid groups (broad SMARTS) is 1. The molecule has 5 heteroatoms. The Hall–Kier alpha value is -1.91. The highest BCUT2D eigenvalue weighted by Crippen LogP contribution is 2.17. The van der Waals surface area contributed by atoms with Crippen LogP contribution in [0.2, 0.25) is 0 Å². The molecule has 0 aromatic carbocycles. The van der Waals surface area contributed by atoms with Crippen LogP contribution in [-0.4, -0.2) is 28.5 Å². The Kier molecular flexibility index (Phi) is 4.63. The number of rotatable bonds is 5. The second-order valence-corrected chi connectivity index (χ2v) is 3.69. The van der Waals surface area contributed by atoms with Gasteiger partial charge >= 0.3 is 5.97 Å². The van der Waals surface area contributed by atoms with Gasteiger partial charge in [-0.2, -0.15) is 0 Å². The van der Waals surface area contributed by atoms with E-state index in [1.165, 1.54) is 4.90 Å². The first kappa shape index (κ1) is 13.2. The molecule has 0 aliphatic heterocycles. The molecule has 0 saturated carbocycles. The van der Waals surface area contributed by atoms with Crippen molar-refractivity contribution in [3.8, 4) is 0 Å². The summed E-state index contributed by atoms with van der Waals surface area (Å²) < 4.78 is 0. The van der Waals surface area contributed by atoms with Crippen molar-refractivity contribution in [2.75, 3.05) is 11.4 Å². The van der Waals surface area contributed by atoms with E-state index in [1.807, 2.05) is 13.0 Å². The van der Waals surface area contributed by atoms with Crippen molar-refractivity contribution < 1.29 is 14.7 Å². The van der Waals surface area contributed by atoms with E-state index in [0.29, 0.717) is 12.2 Å². The van der Waals surface area contributed by atoms with Crippen LogP contribution >= 0.6 is 0 Å². The summed E-state index contributed by atoms with van der Waals surface area (Å²) in [6.07, 6.45) is 1.84. The zero-order chi connectivity index (χ0) is 12.8. The quantitative estimate of drug-likeness (QED) is 0.843. The fourth-order valence-corrected chi connectivity index (χ4v) is 1.51. The molecule has 0 fully saturated rings. The Morgan fingerprint density at radius 1 is 1.47 bits per heavy atom. The molecule has 1 rings (SSSR count). The monoisotopic (exact) mass is 236 g/mol. The molecule has 0 bridgehead atoms. The molecule has 0 spiro atoms. The number of pyridine rings is 1. The molecule has 1 amide bonds. The minimum atomic E-state index is -0.924. The van der Waals surface area contributed by atoms with Crippen molar-refractivity contribution in [2.24, 2.45) is 0 Å². The third-order valence-corrected chi connectivity index (χ3v) is 2.39. The number of carbonyl (C=O) groups excluding carboxylic acids is 1. The number of hydrogen-bond acceptors (Lipinski definition) is 3. The Morgan fingerprint density at radius 2 is 2.18 bits per heavy atom. The third-order valence-electron chi connectivity index (χ3n) is 2.39. The van der Waals surface area contributed by atoms with Gasteiger partial charge in [-0.1, -0.05) is 13.0 Å². The van der Waals surface area contributed by atoms with Crippen molar-refractivity contribution in [2.45, 2.75) is 26.7 Å². The molecule has 0 aliphatic carbocycles. The van der Waals surface area contributed by atoms with Gasteiger partial charge in [-0.3, -0.25) is 14.5 Å². The van der Waals surface area contributed by atoms with Crippen LogP contribution < -0.4 is 4.90 Å². The zero-order valence-electron chi connectivity index (χ0n) is 10.0. The lowest BCUT2D eigenvalue weighted by Crippen LogP contribution is -2.33. The SMILES string of the molecule is CCC(=O)N(CCC(=O)O)c1ncccc1C.